The van der Waals surface area contributed by atoms with Crippen molar-refractivity contribution in [2.45, 2.75) is 19.3 Å². The predicted octanol–water partition coefficient (Wildman–Crippen LogP) is 2.74. The molecule has 1 aromatic rings. The Labute approximate surface area is 117 Å². The quantitative estimate of drug-likeness (QED) is 0.794. The number of fused-ring (bicyclic) bond motifs is 1. The van der Waals surface area contributed by atoms with Crippen molar-refractivity contribution in [1.29, 1.82) is 0 Å². The summed E-state index contributed by atoms with van der Waals surface area (Å²) in [5.41, 5.74) is 0.507. The van der Waals surface area contributed by atoms with E-state index < -0.39 is 0 Å². The van der Waals surface area contributed by atoms with Gasteiger partial charge in [0.2, 0.25) is 0 Å². The van der Waals surface area contributed by atoms with E-state index >= 15 is 0 Å². The number of carbonyl (C=O) groups is 1. The van der Waals surface area contributed by atoms with Gasteiger partial charge in [-0.15, -0.1) is 0 Å². The van der Waals surface area contributed by atoms with E-state index in [-0.39, 0.29) is 5.91 Å². The van der Waals surface area contributed by atoms with Crippen LogP contribution in [0.5, 0.6) is 11.5 Å². The molecule has 2 aliphatic heterocycles. The molecule has 1 amide bonds. The number of halogens is 1. The summed E-state index contributed by atoms with van der Waals surface area (Å²) in [7, 11) is 0. The monoisotopic (exact) mass is 281 g/mol. The number of hydrogen-bond acceptors (Lipinski definition) is 3. The van der Waals surface area contributed by atoms with Gasteiger partial charge in [0.05, 0.1) is 10.6 Å². The number of likely N-dealkylation sites (tertiary alicyclic amines) is 1. The molecule has 0 aliphatic carbocycles. The lowest BCUT2D eigenvalue weighted by atomic mass is 10.1. The van der Waals surface area contributed by atoms with Gasteiger partial charge in [-0.1, -0.05) is 11.6 Å². The van der Waals surface area contributed by atoms with Gasteiger partial charge in [0, 0.05) is 19.2 Å². The molecule has 4 nitrogen and oxygen atoms in total. The second-order valence-corrected chi connectivity index (χ2v) is 5.24. The van der Waals surface area contributed by atoms with Crippen molar-refractivity contribution in [1.82, 2.24) is 4.90 Å². The summed E-state index contributed by atoms with van der Waals surface area (Å²) >= 11 is 6.19. The Morgan fingerprint density at radius 1 is 1.05 bits per heavy atom. The van der Waals surface area contributed by atoms with E-state index in [2.05, 4.69) is 0 Å². The van der Waals surface area contributed by atoms with Crippen LogP contribution < -0.4 is 9.47 Å². The van der Waals surface area contributed by atoms with Gasteiger partial charge in [0.15, 0.2) is 11.5 Å². The molecule has 1 saturated heterocycles. The van der Waals surface area contributed by atoms with Crippen LogP contribution in [0.4, 0.5) is 0 Å². The predicted molar refractivity (Wildman–Crippen MR) is 72.2 cm³/mol. The first-order valence-electron chi connectivity index (χ1n) is 6.64. The Morgan fingerprint density at radius 3 is 2.37 bits per heavy atom. The van der Waals surface area contributed by atoms with E-state index in [1.165, 1.54) is 6.42 Å². The number of hydrogen-bond donors (Lipinski definition) is 0. The summed E-state index contributed by atoms with van der Waals surface area (Å²) in [5, 5.41) is 0.430. The maximum absolute atomic E-state index is 12.5. The minimum absolute atomic E-state index is 0.0123. The normalized spacial score (nSPS) is 18.3. The Kier molecular flexibility index (Phi) is 3.51. The van der Waals surface area contributed by atoms with E-state index in [1.807, 2.05) is 4.90 Å². The lowest BCUT2D eigenvalue weighted by molar-refractivity contribution is 0.0723. The van der Waals surface area contributed by atoms with Gasteiger partial charge in [-0.2, -0.15) is 0 Å². The van der Waals surface area contributed by atoms with Crippen LogP contribution in [0.25, 0.3) is 0 Å². The van der Waals surface area contributed by atoms with Crippen LogP contribution in [0.3, 0.4) is 0 Å². The standard InChI is InChI=1S/C14H16ClNO3/c15-11-9-13-12(18-6-7-19-13)8-10(11)14(17)16-4-2-1-3-5-16/h8-9H,1-7H2. The van der Waals surface area contributed by atoms with Gasteiger partial charge >= 0.3 is 0 Å². The number of amides is 1. The van der Waals surface area contributed by atoms with Crippen LogP contribution in [0.1, 0.15) is 29.6 Å². The lowest BCUT2D eigenvalue weighted by Crippen LogP contribution is -2.35. The minimum atomic E-state index is -0.0123. The molecule has 2 aliphatic rings. The highest BCUT2D eigenvalue weighted by molar-refractivity contribution is 6.34. The molecule has 0 saturated carbocycles. The Bertz CT molecular complexity index is 498. The van der Waals surface area contributed by atoms with Crippen molar-refractivity contribution in [2.24, 2.45) is 0 Å². The van der Waals surface area contributed by atoms with Crippen molar-refractivity contribution in [2.75, 3.05) is 26.3 Å². The molecule has 0 spiro atoms. The van der Waals surface area contributed by atoms with E-state index in [1.54, 1.807) is 12.1 Å². The fourth-order valence-corrected chi connectivity index (χ4v) is 2.73. The maximum Gasteiger partial charge on any atom is 0.255 e. The second-order valence-electron chi connectivity index (χ2n) is 4.83. The van der Waals surface area contributed by atoms with Crippen LogP contribution >= 0.6 is 11.6 Å². The first-order chi connectivity index (χ1) is 9.25. The highest BCUT2D eigenvalue weighted by Crippen LogP contribution is 2.36. The molecule has 19 heavy (non-hydrogen) atoms. The summed E-state index contributed by atoms with van der Waals surface area (Å²) in [6.07, 6.45) is 3.32. The molecule has 3 rings (SSSR count). The van der Waals surface area contributed by atoms with Gasteiger partial charge in [-0.3, -0.25) is 4.79 Å². The molecule has 5 heteroatoms. The average Bonchev–Trinajstić information content (AvgIpc) is 2.47. The first kappa shape index (κ1) is 12.6. The fourth-order valence-electron chi connectivity index (χ4n) is 2.50. The molecule has 0 bridgehead atoms. The van der Waals surface area contributed by atoms with E-state index in [0.29, 0.717) is 35.3 Å². The molecule has 102 valence electrons. The molecule has 1 fully saturated rings. The highest BCUT2D eigenvalue weighted by Gasteiger charge is 2.23. The summed E-state index contributed by atoms with van der Waals surface area (Å²) in [5.74, 6) is 1.21. The van der Waals surface area contributed by atoms with Gasteiger partial charge in [0.1, 0.15) is 13.2 Å². The second kappa shape index (κ2) is 5.29. The van der Waals surface area contributed by atoms with Gasteiger partial charge in [-0.25, -0.2) is 0 Å². The van der Waals surface area contributed by atoms with Crippen LogP contribution in [0.2, 0.25) is 5.02 Å². The van der Waals surface area contributed by atoms with Crippen LogP contribution in [-0.4, -0.2) is 37.1 Å². The third-order valence-corrected chi connectivity index (χ3v) is 3.82. The zero-order valence-electron chi connectivity index (χ0n) is 10.7. The van der Waals surface area contributed by atoms with Crippen LogP contribution in [0.15, 0.2) is 12.1 Å². The summed E-state index contributed by atoms with van der Waals surface area (Å²) < 4.78 is 11.0. The molecular weight excluding hydrogens is 266 g/mol. The Hall–Kier alpha value is -1.42. The number of ether oxygens (including phenoxy) is 2. The van der Waals surface area contributed by atoms with Gasteiger partial charge < -0.3 is 14.4 Å². The number of benzene rings is 1. The number of nitrogens with zero attached hydrogens (tertiary/aromatic N) is 1. The highest BCUT2D eigenvalue weighted by atomic mass is 35.5. The molecule has 0 unspecified atom stereocenters. The summed E-state index contributed by atoms with van der Waals surface area (Å²) in [6, 6.07) is 3.38. The molecule has 0 N–H and O–H groups in total. The lowest BCUT2D eigenvalue weighted by Gasteiger charge is -2.27. The van der Waals surface area contributed by atoms with Gasteiger partial charge in [0.25, 0.3) is 5.91 Å². The molecular formula is C14H16ClNO3. The van der Waals surface area contributed by atoms with Crippen molar-refractivity contribution in [3.63, 3.8) is 0 Å². The minimum Gasteiger partial charge on any atom is -0.486 e. The zero-order chi connectivity index (χ0) is 13.2. The Morgan fingerprint density at radius 2 is 1.68 bits per heavy atom. The van der Waals surface area contributed by atoms with Crippen molar-refractivity contribution < 1.29 is 14.3 Å². The number of rotatable bonds is 1. The third kappa shape index (κ3) is 2.50. The zero-order valence-corrected chi connectivity index (χ0v) is 11.4. The summed E-state index contributed by atoms with van der Waals surface area (Å²) in [6.45, 7) is 2.64. The summed E-state index contributed by atoms with van der Waals surface area (Å²) in [4.78, 5) is 14.3. The average molecular weight is 282 g/mol. The fraction of sp³-hybridized carbons (Fsp3) is 0.500. The topological polar surface area (TPSA) is 38.8 Å². The van der Waals surface area contributed by atoms with Crippen molar-refractivity contribution in [3.8, 4) is 11.5 Å². The van der Waals surface area contributed by atoms with E-state index in [9.17, 15) is 4.79 Å². The smallest absolute Gasteiger partial charge is 0.255 e. The van der Waals surface area contributed by atoms with E-state index in [4.69, 9.17) is 21.1 Å². The van der Waals surface area contributed by atoms with E-state index in [0.717, 1.165) is 25.9 Å². The third-order valence-electron chi connectivity index (χ3n) is 3.51. The first-order valence-corrected chi connectivity index (χ1v) is 7.02. The largest absolute Gasteiger partial charge is 0.486 e. The van der Waals surface area contributed by atoms with Crippen LogP contribution in [-0.2, 0) is 0 Å². The molecule has 0 atom stereocenters. The molecule has 0 aromatic heterocycles. The molecule has 2 heterocycles. The van der Waals surface area contributed by atoms with Crippen molar-refractivity contribution in [3.05, 3.63) is 22.7 Å². The number of piperidine rings is 1. The van der Waals surface area contributed by atoms with Crippen LogP contribution in [0, 0.1) is 0 Å². The Balaban J connectivity index is 1.89. The number of carbonyl (C=O) groups excluding carboxylic acids is 1. The molecule has 0 radical (unpaired) electrons. The van der Waals surface area contributed by atoms with Crippen molar-refractivity contribution >= 4 is 17.5 Å². The van der Waals surface area contributed by atoms with Gasteiger partial charge in [-0.05, 0) is 25.3 Å². The molecule has 1 aromatic carbocycles. The maximum atomic E-state index is 12.5. The SMILES string of the molecule is O=C(c1cc2c(cc1Cl)OCCO2)N1CCCCC1.